The molecule has 23 heavy (non-hydrogen) atoms. The number of para-hydroxylation sites is 1. The Morgan fingerprint density at radius 1 is 1.00 bits per heavy atom. The minimum atomic E-state index is 0.997. The molecule has 0 bridgehead atoms. The molecule has 1 saturated heterocycles. The molecule has 0 aromatic heterocycles. The van der Waals surface area contributed by atoms with Gasteiger partial charge in [0, 0.05) is 37.6 Å². The summed E-state index contributed by atoms with van der Waals surface area (Å²) in [7, 11) is 0. The lowest BCUT2D eigenvalue weighted by Gasteiger charge is -2.38. The SMILES string of the molecule is C=C(C)C(=C)/C(C)=C\C(=C)N1CCN(c2ccccc2C)CC1. The lowest BCUT2D eigenvalue weighted by molar-refractivity contribution is 0.331. The van der Waals surface area contributed by atoms with E-state index in [0.29, 0.717) is 0 Å². The van der Waals surface area contributed by atoms with Gasteiger partial charge in [0.1, 0.15) is 0 Å². The van der Waals surface area contributed by atoms with Crippen LogP contribution in [0, 0.1) is 6.92 Å². The summed E-state index contributed by atoms with van der Waals surface area (Å²) in [5, 5.41) is 0. The Balaban J connectivity index is 1.98. The van der Waals surface area contributed by atoms with Gasteiger partial charge in [0.2, 0.25) is 0 Å². The zero-order valence-electron chi connectivity index (χ0n) is 14.7. The van der Waals surface area contributed by atoms with Crippen LogP contribution in [0.25, 0.3) is 0 Å². The van der Waals surface area contributed by atoms with E-state index in [1.54, 1.807) is 0 Å². The lowest BCUT2D eigenvalue weighted by atomic mass is 10.0. The van der Waals surface area contributed by atoms with Gasteiger partial charge in [-0.25, -0.2) is 0 Å². The van der Waals surface area contributed by atoms with E-state index in [0.717, 1.165) is 48.6 Å². The Bertz CT molecular complexity index is 644. The number of hydrogen-bond donors (Lipinski definition) is 0. The fraction of sp³-hybridized carbons (Fsp3) is 0.333. The van der Waals surface area contributed by atoms with Gasteiger partial charge in [-0.2, -0.15) is 0 Å². The van der Waals surface area contributed by atoms with Crippen molar-refractivity contribution in [2.24, 2.45) is 0 Å². The van der Waals surface area contributed by atoms with Gasteiger partial charge in [-0.3, -0.25) is 0 Å². The van der Waals surface area contributed by atoms with Crippen molar-refractivity contribution in [3.63, 3.8) is 0 Å². The molecule has 0 spiro atoms. The summed E-state index contributed by atoms with van der Waals surface area (Å²) in [6, 6.07) is 8.60. The van der Waals surface area contributed by atoms with Crippen LogP contribution < -0.4 is 4.90 Å². The van der Waals surface area contributed by atoms with Crippen molar-refractivity contribution < 1.29 is 0 Å². The van der Waals surface area contributed by atoms with Gasteiger partial charge in [0.25, 0.3) is 0 Å². The first kappa shape index (κ1) is 17.1. The first-order valence-electron chi connectivity index (χ1n) is 8.18. The van der Waals surface area contributed by atoms with E-state index >= 15 is 0 Å². The van der Waals surface area contributed by atoms with E-state index in [2.05, 4.69) is 73.7 Å². The summed E-state index contributed by atoms with van der Waals surface area (Å²) in [6.45, 7) is 22.6. The molecule has 2 heteroatoms. The predicted molar refractivity (Wildman–Crippen MR) is 102 cm³/mol. The third kappa shape index (κ3) is 4.16. The molecule has 0 saturated carbocycles. The van der Waals surface area contributed by atoms with E-state index < -0.39 is 0 Å². The highest BCUT2D eigenvalue weighted by atomic mass is 15.3. The normalized spacial score (nSPS) is 15.5. The Labute approximate surface area is 141 Å². The molecule has 0 atom stereocenters. The van der Waals surface area contributed by atoms with Crippen molar-refractivity contribution in [1.82, 2.24) is 4.90 Å². The molecular formula is C21H28N2. The van der Waals surface area contributed by atoms with Gasteiger partial charge >= 0.3 is 0 Å². The number of allylic oxidation sites excluding steroid dienone is 4. The number of nitrogens with zero attached hydrogens (tertiary/aromatic N) is 2. The van der Waals surface area contributed by atoms with Crippen molar-refractivity contribution >= 4 is 5.69 Å². The molecule has 1 aromatic carbocycles. The van der Waals surface area contributed by atoms with Crippen LogP contribution in [0.3, 0.4) is 0 Å². The second-order valence-electron chi connectivity index (χ2n) is 6.34. The minimum Gasteiger partial charge on any atom is -0.368 e. The van der Waals surface area contributed by atoms with E-state index in [1.807, 2.05) is 6.92 Å². The highest BCUT2D eigenvalue weighted by molar-refractivity contribution is 5.53. The highest BCUT2D eigenvalue weighted by Crippen LogP contribution is 2.23. The Kier molecular flexibility index (Phi) is 5.49. The third-order valence-corrected chi connectivity index (χ3v) is 4.52. The fourth-order valence-corrected chi connectivity index (χ4v) is 2.92. The molecule has 2 rings (SSSR count). The smallest absolute Gasteiger partial charge is 0.0397 e. The summed E-state index contributed by atoms with van der Waals surface area (Å²) < 4.78 is 0. The maximum absolute atomic E-state index is 4.24. The quantitative estimate of drug-likeness (QED) is 0.727. The van der Waals surface area contributed by atoms with E-state index in [4.69, 9.17) is 0 Å². The van der Waals surface area contributed by atoms with Crippen molar-refractivity contribution in [2.45, 2.75) is 20.8 Å². The summed E-state index contributed by atoms with van der Waals surface area (Å²) >= 11 is 0. The molecule has 1 aliphatic heterocycles. The molecular weight excluding hydrogens is 280 g/mol. The molecule has 1 fully saturated rings. The molecule has 0 unspecified atom stereocenters. The van der Waals surface area contributed by atoms with Crippen molar-refractivity contribution in [3.05, 3.63) is 78.1 Å². The second kappa shape index (κ2) is 7.36. The number of hydrogen-bond acceptors (Lipinski definition) is 2. The van der Waals surface area contributed by atoms with Crippen molar-refractivity contribution in [1.29, 1.82) is 0 Å². The summed E-state index contributed by atoms with van der Waals surface area (Å²) in [5.41, 5.74) is 6.91. The standard InChI is InChI=1S/C21H28N2/c1-16(2)20(6)18(4)15-19(5)22-11-13-23(14-12-22)21-10-8-7-9-17(21)3/h7-10,15H,1,5-6,11-14H2,2-4H3/b18-15-. The van der Waals surface area contributed by atoms with Crippen LogP contribution in [0.4, 0.5) is 5.69 Å². The van der Waals surface area contributed by atoms with Gasteiger partial charge < -0.3 is 9.80 Å². The zero-order chi connectivity index (χ0) is 17.0. The minimum absolute atomic E-state index is 0.997. The molecule has 2 nitrogen and oxygen atoms in total. The van der Waals surface area contributed by atoms with Crippen molar-refractivity contribution in [2.75, 3.05) is 31.1 Å². The highest BCUT2D eigenvalue weighted by Gasteiger charge is 2.18. The fourth-order valence-electron chi connectivity index (χ4n) is 2.92. The maximum atomic E-state index is 4.24. The van der Waals surface area contributed by atoms with Crippen LogP contribution in [-0.2, 0) is 0 Å². The Hall–Kier alpha value is -2.22. The van der Waals surface area contributed by atoms with E-state index in [-0.39, 0.29) is 0 Å². The van der Waals surface area contributed by atoms with E-state index in [1.165, 1.54) is 11.3 Å². The monoisotopic (exact) mass is 308 g/mol. The number of rotatable bonds is 5. The van der Waals surface area contributed by atoms with E-state index in [9.17, 15) is 0 Å². The molecule has 0 amide bonds. The van der Waals surface area contributed by atoms with Crippen molar-refractivity contribution in [3.8, 4) is 0 Å². The number of aryl methyl sites for hydroxylation is 1. The summed E-state index contributed by atoms with van der Waals surface area (Å²) in [4.78, 5) is 4.81. The topological polar surface area (TPSA) is 6.48 Å². The van der Waals surface area contributed by atoms with Crippen LogP contribution >= 0.6 is 0 Å². The second-order valence-corrected chi connectivity index (χ2v) is 6.34. The van der Waals surface area contributed by atoms with Crippen LogP contribution in [0.15, 0.2) is 72.5 Å². The number of benzene rings is 1. The van der Waals surface area contributed by atoms with Gasteiger partial charge in [-0.15, -0.1) is 0 Å². The van der Waals surface area contributed by atoms with Gasteiger partial charge in [0.05, 0.1) is 0 Å². The number of anilines is 1. The maximum Gasteiger partial charge on any atom is 0.0397 e. The number of piperazine rings is 1. The molecule has 1 aliphatic rings. The average Bonchev–Trinajstić information content (AvgIpc) is 2.54. The lowest BCUT2D eigenvalue weighted by Crippen LogP contribution is -2.45. The molecule has 0 N–H and O–H groups in total. The molecule has 1 heterocycles. The molecule has 122 valence electrons. The summed E-state index contributed by atoms with van der Waals surface area (Å²) in [6.07, 6.45) is 2.13. The Morgan fingerprint density at radius 2 is 1.61 bits per heavy atom. The van der Waals surface area contributed by atoms with Crippen LogP contribution in [0.1, 0.15) is 19.4 Å². The van der Waals surface area contributed by atoms with Crippen LogP contribution in [0.2, 0.25) is 0 Å². The molecule has 0 radical (unpaired) electrons. The van der Waals surface area contributed by atoms with Crippen LogP contribution in [0.5, 0.6) is 0 Å². The van der Waals surface area contributed by atoms with Gasteiger partial charge in [0.15, 0.2) is 0 Å². The zero-order valence-corrected chi connectivity index (χ0v) is 14.7. The van der Waals surface area contributed by atoms with Gasteiger partial charge in [-0.05, 0) is 49.6 Å². The Morgan fingerprint density at radius 3 is 2.17 bits per heavy atom. The molecule has 1 aromatic rings. The largest absolute Gasteiger partial charge is 0.368 e. The van der Waals surface area contributed by atoms with Gasteiger partial charge in [-0.1, -0.05) is 43.5 Å². The average molecular weight is 308 g/mol. The first-order valence-corrected chi connectivity index (χ1v) is 8.18. The summed E-state index contributed by atoms with van der Waals surface area (Å²) in [5.74, 6) is 0. The van der Waals surface area contributed by atoms with Crippen LogP contribution in [-0.4, -0.2) is 31.1 Å². The predicted octanol–water partition coefficient (Wildman–Crippen LogP) is 4.71. The first-order chi connectivity index (χ1) is 10.9. The third-order valence-electron chi connectivity index (χ3n) is 4.52. The molecule has 0 aliphatic carbocycles.